The summed E-state index contributed by atoms with van der Waals surface area (Å²) in [4.78, 5) is 0. The summed E-state index contributed by atoms with van der Waals surface area (Å²) in [5.41, 5.74) is 4.05. The highest BCUT2D eigenvalue weighted by atomic mass is 14.0. The van der Waals surface area contributed by atoms with Gasteiger partial charge in [-0.25, -0.2) is 0 Å². The van der Waals surface area contributed by atoms with Crippen molar-refractivity contribution in [1.29, 1.82) is 0 Å². The molecule has 0 nitrogen and oxygen atoms in total. The van der Waals surface area contributed by atoms with Gasteiger partial charge in [0.25, 0.3) is 0 Å². The molecule has 0 radical (unpaired) electrons. The molecule has 0 N–H and O–H groups in total. The second-order valence-electron chi connectivity index (χ2n) is 3.29. The molecule has 1 rings (SSSR count). The van der Waals surface area contributed by atoms with Crippen LogP contribution >= 0.6 is 0 Å². The molecule has 0 heterocycles. The highest BCUT2D eigenvalue weighted by Crippen LogP contribution is 2.06. The molecule has 0 aromatic heterocycles. The molecule has 0 amide bonds. The molecule has 64 valence electrons. The number of benzene rings is 1. The Bertz CT molecular complexity index is 385. The molecule has 0 heteroatoms. The quantitative estimate of drug-likeness (QED) is 0.586. The SMILES string of the molecule is C=c1cc(C)c(C)c(CC)c1=C. The van der Waals surface area contributed by atoms with E-state index in [1.165, 1.54) is 16.7 Å². The van der Waals surface area contributed by atoms with Crippen molar-refractivity contribution in [2.45, 2.75) is 27.2 Å². The van der Waals surface area contributed by atoms with Crippen LogP contribution in [-0.2, 0) is 6.42 Å². The minimum Gasteiger partial charge on any atom is -0.0912 e. The van der Waals surface area contributed by atoms with Gasteiger partial charge in [-0.2, -0.15) is 0 Å². The first kappa shape index (κ1) is 9.05. The Balaban J connectivity index is 3.65. The molecule has 0 bridgehead atoms. The van der Waals surface area contributed by atoms with E-state index in [4.69, 9.17) is 0 Å². The summed E-state index contributed by atoms with van der Waals surface area (Å²) < 4.78 is 0. The standard InChI is InChI=1S/C12H16/c1-6-12-10(4)8(2)7-9(3)11(12)5/h7H,2,4,6H2,1,3,5H3. The number of hydrogen-bond acceptors (Lipinski definition) is 0. The van der Waals surface area contributed by atoms with E-state index in [1.54, 1.807) is 0 Å². The number of rotatable bonds is 1. The van der Waals surface area contributed by atoms with E-state index in [1.807, 2.05) is 0 Å². The van der Waals surface area contributed by atoms with Crippen molar-refractivity contribution >= 4 is 13.2 Å². The minimum absolute atomic E-state index is 1.05. The van der Waals surface area contributed by atoms with Gasteiger partial charge in [-0.05, 0) is 47.4 Å². The van der Waals surface area contributed by atoms with Crippen molar-refractivity contribution in [3.63, 3.8) is 0 Å². The first-order chi connectivity index (χ1) is 5.57. The van der Waals surface area contributed by atoms with Gasteiger partial charge in [0, 0.05) is 0 Å². The highest BCUT2D eigenvalue weighted by Gasteiger charge is 2.00. The Labute approximate surface area is 74.2 Å². The van der Waals surface area contributed by atoms with Gasteiger partial charge in [-0.3, -0.25) is 0 Å². The molecule has 0 atom stereocenters. The van der Waals surface area contributed by atoms with Gasteiger partial charge in [0.15, 0.2) is 0 Å². The maximum Gasteiger partial charge on any atom is -0.0227 e. The van der Waals surface area contributed by atoms with Gasteiger partial charge in [0.1, 0.15) is 0 Å². The lowest BCUT2D eigenvalue weighted by molar-refractivity contribution is 1.07. The molecule has 0 aliphatic heterocycles. The zero-order valence-corrected chi connectivity index (χ0v) is 8.20. The summed E-state index contributed by atoms with van der Waals surface area (Å²) in [6.07, 6.45) is 1.05. The fraction of sp³-hybridized carbons (Fsp3) is 0.333. The molecule has 1 aromatic rings. The average molecular weight is 160 g/mol. The lowest BCUT2D eigenvalue weighted by Gasteiger charge is -2.07. The normalized spacial score (nSPS) is 10.2. The van der Waals surface area contributed by atoms with Crippen molar-refractivity contribution in [2.24, 2.45) is 0 Å². The average Bonchev–Trinajstić information content (AvgIpc) is 2.02. The number of aryl methyl sites for hydroxylation is 1. The van der Waals surface area contributed by atoms with Crippen LogP contribution in [0, 0.1) is 13.8 Å². The molecule has 0 spiro atoms. The smallest absolute Gasteiger partial charge is 0.0227 e. The molecular weight excluding hydrogens is 144 g/mol. The van der Waals surface area contributed by atoms with E-state index < -0.39 is 0 Å². The molecule has 0 aliphatic carbocycles. The maximum absolute atomic E-state index is 4.03. The zero-order valence-electron chi connectivity index (χ0n) is 8.20. The largest absolute Gasteiger partial charge is 0.0912 e. The second-order valence-corrected chi connectivity index (χ2v) is 3.29. The van der Waals surface area contributed by atoms with E-state index in [9.17, 15) is 0 Å². The van der Waals surface area contributed by atoms with Gasteiger partial charge >= 0.3 is 0 Å². The van der Waals surface area contributed by atoms with E-state index in [2.05, 4.69) is 40.0 Å². The molecule has 0 unspecified atom stereocenters. The van der Waals surface area contributed by atoms with E-state index in [0.29, 0.717) is 0 Å². The Morgan fingerprint density at radius 1 is 1.25 bits per heavy atom. The third kappa shape index (κ3) is 1.29. The monoisotopic (exact) mass is 160 g/mol. The molecule has 0 aliphatic rings. The molecular formula is C12H16. The zero-order chi connectivity index (χ0) is 9.30. The van der Waals surface area contributed by atoms with Crippen molar-refractivity contribution in [3.05, 3.63) is 33.2 Å². The van der Waals surface area contributed by atoms with Gasteiger partial charge < -0.3 is 0 Å². The van der Waals surface area contributed by atoms with E-state index in [0.717, 1.165) is 16.9 Å². The predicted molar refractivity (Wildman–Crippen MR) is 55.6 cm³/mol. The fourth-order valence-electron chi connectivity index (χ4n) is 1.59. The lowest BCUT2D eigenvalue weighted by Crippen LogP contribution is -2.27. The molecule has 0 fully saturated rings. The Kier molecular flexibility index (Phi) is 2.37. The maximum atomic E-state index is 4.03. The molecule has 1 aromatic carbocycles. The van der Waals surface area contributed by atoms with Crippen LogP contribution in [-0.4, -0.2) is 0 Å². The lowest BCUT2D eigenvalue weighted by atomic mass is 9.98. The van der Waals surface area contributed by atoms with Crippen LogP contribution in [0.3, 0.4) is 0 Å². The fourth-order valence-corrected chi connectivity index (χ4v) is 1.59. The minimum atomic E-state index is 1.05. The van der Waals surface area contributed by atoms with Crippen LogP contribution in [0.5, 0.6) is 0 Å². The molecule has 12 heavy (non-hydrogen) atoms. The van der Waals surface area contributed by atoms with E-state index in [-0.39, 0.29) is 0 Å². The van der Waals surface area contributed by atoms with Crippen molar-refractivity contribution in [2.75, 3.05) is 0 Å². The van der Waals surface area contributed by atoms with Crippen LogP contribution in [0.25, 0.3) is 13.2 Å². The van der Waals surface area contributed by atoms with Gasteiger partial charge in [0.05, 0.1) is 0 Å². The van der Waals surface area contributed by atoms with Crippen molar-refractivity contribution < 1.29 is 0 Å². The van der Waals surface area contributed by atoms with Crippen molar-refractivity contribution in [1.82, 2.24) is 0 Å². The summed E-state index contributed by atoms with van der Waals surface area (Å²) in [7, 11) is 0. The summed E-state index contributed by atoms with van der Waals surface area (Å²) in [6, 6.07) is 2.11. The van der Waals surface area contributed by atoms with Gasteiger partial charge in [-0.1, -0.05) is 26.1 Å². The Hall–Kier alpha value is -1.04. The van der Waals surface area contributed by atoms with Crippen LogP contribution in [0.15, 0.2) is 6.07 Å². The second kappa shape index (κ2) is 3.14. The third-order valence-corrected chi connectivity index (χ3v) is 2.54. The first-order valence-corrected chi connectivity index (χ1v) is 4.35. The highest BCUT2D eigenvalue weighted by molar-refractivity contribution is 5.37. The topological polar surface area (TPSA) is 0 Å². The van der Waals surface area contributed by atoms with Crippen LogP contribution in [0.4, 0.5) is 0 Å². The van der Waals surface area contributed by atoms with E-state index >= 15 is 0 Å². The first-order valence-electron chi connectivity index (χ1n) is 4.35. The van der Waals surface area contributed by atoms with Crippen LogP contribution in [0.2, 0.25) is 0 Å². The predicted octanol–water partition coefficient (Wildman–Crippen LogP) is 1.69. The molecule has 0 saturated carbocycles. The third-order valence-electron chi connectivity index (χ3n) is 2.54. The summed E-state index contributed by atoms with van der Waals surface area (Å²) in [5.74, 6) is 0. The Morgan fingerprint density at radius 3 is 2.33 bits per heavy atom. The van der Waals surface area contributed by atoms with Crippen LogP contribution < -0.4 is 10.4 Å². The summed E-state index contributed by atoms with van der Waals surface area (Å²) in [6.45, 7) is 14.4. The summed E-state index contributed by atoms with van der Waals surface area (Å²) >= 11 is 0. The number of hydrogen-bond donors (Lipinski definition) is 0. The van der Waals surface area contributed by atoms with Crippen LogP contribution in [0.1, 0.15) is 23.6 Å². The summed E-state index contributed by atoms with van der Waals surface area (Å²) in [5, 5.41) is 2.18. The van der Waals surface area contributed by atoms with Crippen molar-refractivity contribution in [3.8, 4) is 0 Å². The van der Waals surface area contributed by atoms with Gasteiger partial charge in [-0.15, -0.1) is 0 Å². The van der Waals surface area contributed by atoms with Gasteiger partial charge in [0.2, 0.25) is 0 Å². The Morgan fingerprint density at radius 2 is 1.83 bits per heavy atom. The molecule has 0 saturated heterocycles.